The summed E-state index contributed by atoms with van der Waals surface area (Å²) < 4.78 is 40.8. The first kappa shape index (κ1) is 10.1. The van der Waals surface area contributed by atoms with Crippen LogP contribution in [0, 0.1) is 5.92 Å². The number of rotatable bonds is 1. The summed E-state index contributed by atoms with van der Waals surface area (Å²) in [4.78, 5) is 10.6. The minimum absolute atomic E-state index is 0.307. The van der Waals surface area contributed by atoms with E-state index in [4.69, 9.17) is 0 Å². The van der Waals surface area contributed by atoms with E-state index in [0.29, 0.717) is 0 Å². The van der Waals surface area contributed by atoms with Gasteiger partial charge in [-0.25, -0.2) is 4.79 Å². The molecule has 76 valence electrons. The monoisotopic (exact) mass is 197 g/mol. The Morgan fingerprint density at radius 3 is 2.31 bits per heavy atom. The van der Waals surface area contributed by atoms with Crippen molar-refractivity contribution < 1.29 is 22.7 Å². The highest BCUT2D eigenvalue weighted by Gasteiger charge is 2.53. The third-order valence-corrected chi connectivity index (χ3v) is 1.89. The average Bonchev–Trinajstić information content (AvgIpc) is 2.29. The van der Waals surface area contributed by atoms with Gasteiger partial charge in [-0.2, -0.15) is 13.2 Å². The highest BCUT2D eigenvalue weighted by molar-refractivity contribution is 5.70. The van der Waals surface area contributed by atoms with E-state index < -0.39 is 24.4 Å². The standard InChI is InChI=1S/C7H10F3NO2/c1-3(2)4-5(7(8,9)10)13-6(12)11-4/h3-5H,1-2H3,(H,11,12)/t4-,5+/m0/s1. The highest BCUT2D eigenvalue weighted by atomic mass is 19.4. The van der Waals surface area contributed by atoms with Gasteiger partial charge < -0.3 is 10.1 Å². The molecule has 0 aromatic heterocycles. The normalized spacial score (nSPS) is 28.9. The molecule has 1 N–H and O–H groups in total. The maximum absolute atomic E-state index is 12.2. The minimum Gasteiger partial charge on any atom is -0.434 e. The molecular weight excluding hydrogens is 187 g/mol. The van der Waals surface area contributed by atoms with Crippen LogP contribution in [0.1, 0.15) is 13.8 Å². The van der Waals surface area contributed by atoms with Crippen LogP contribution in [0.4, 0.5) is 18.0 Å². The van der Waals surface area contributed by atoms with Gasteiger partial charge in [0.05, 0.1) is 6.04 Å². The summed E-state index contributed by atoms with van der Waals surface area (Å²) in [5.41, 5.74) is 0. The lowest BCUT2D eigenvalue weighted by atomic mass is 9.99. The predicted molar refractivity (Wildman–Crippen MR) is 38.1 cm³/mol. The van der Waals surface area contributed by atoms with E-state index in [2.05, 4.69) is 10.1 Å². The second-order valence-electron chi connectivity index (χ2n) is 3.28. The molecule has 0 spiro atoms. The van der Waals surface area contributed by atoms with E-state index in [1.807, 2.05) is 0 Å². The Balaban J connectivity index is 2.78. The number of halogens is 3. The molecule has 1 fully saturated rings. The van der Waals surface area contributed by atoms with Crippen LogP contribution >= 0.6 is 0 Å². The Bertz CT molecular complexity index is 214. The van der Waals surface area contributed by atoms with Gasteiger partial charge in [-0.05, 0) is 5.92 Å². The Kier molecular flexibility index (Phi) is 2.40. The van der Waals surface area contributed by atoms with Crippen molar-refractivity contribution >= 4 is 6.09 Å². The van der Waals surface area contributed by atoms with Gasteiger partial charge in [0, 0.05) is 0 Å². The molecule has 3 nitrogen and oxygen atoms in total. The fraction of sp³-hybridized carbons (Fsp3) is 0.857. The van der Waals surface area contributed by atoms with Crippen molar-refractivity contribution in [3.05, 3.63) is 0 Å². The van der Waals surface area contributed by atoms with Crippen molar-refractivity contribution in [3.63, 3.8) is 0 Å². The fourth-order valence-corrected chi connectivity index (χ4v) is 1.22. The summed E-state index contributed by atoms with van der Waals surface area (Å²) in [5, 5.41) is 2.13. The lowest BCUT2D eigenvalue weighted by Crippen LogP contribution is -2.44. The van der Waals surface area contributed by atoms with Crippen LogP contribution in [0.15, 0.2) is 0 Å². The molecule has 0 aromatic rings. The third-order valence-electron chi connectivity index (χ3n) is 1.89. The van der Waals surface area contributed by atoms with Crippen molar-refractivity contribution in [1.82, 2.24) is 5.32 Å². The number of alkyl halides is 3. The summed E-state index contributed by atoms with van der Waals surface area (Å²) in [6, 6.07) is -0.979. The van der Waals surface area contributed by atoms with Gasteiger partial charge in [0.25, 0.3) is 0 Å². The van der Waals surface area contributed by atoms with Crippen LogP contribution in [-0.2, 0) is 4.74 Å². The first-order valence-electron chi connectivity index (χ1n) is 3.86. The zero-order valence-electron chi connectivity index (χ0n) is 7.18. The van der Waals surface area contributed by atoms with Crippen LogP contribution in [-0.4, -0.2) is 24.4 Å². The first-order valence-corrected chi connectivity index (χ1v) is 3.86. The van der Waals surface area contributed by atoms with E-state index in [0.717, 1.165) is 0 Å². The lowest BCUT2D eigenvalue weighted by molar-refractivity contribution is -0.201. The number of amides is 1. The molecule has 0 radical (unpaired) electrons. The maximum Gasteiger partial charge on any atom is 0.427 e. The Morgan fingerprint density at radius 1 is 1.46 bits per heavy atom. The quantitative estimate of drug-likeness (QED) is 0.694. The second kappa shape index (κ2) is 3.08. The molecule has 1 rings (SSSR count). The minimum atomic E-state index is -4.49. The highest BCUT2D eigenvalue weighted by Crippen LogP contribution is 2.31. The molecule has 6 heteroatoms. The third kappa shape index (κ3) is 2.05. The zero-order valence-corrected chi connectivity index (χ0v) is 7.18. The second-order valence-corrected chi connectivity index (χ2v) is 3.28. The molecule has 0 unspecified atom stereocenters. The van der Waals surface area contributed by atoms with Gasteiger partial charge in [0.2, 0.25) is 6.10 Å². The largest absolute Gasteiger partial charge is 0.434 e. The molecule has 0 saturated carbocycles. The number of nitrogens with one attached hydrogen (secondary N) is 1. The number of hydrogen-bond acceptors (Lipinski definition) is 2. The molecule has 1 aliphatic heterocycles. The van der Waals surface area contributed by atoms with Crippen molar-refractivity contribution in [2.45, 2.75) is 32.2 Å². The molecule has 13 heavy (non-hydrogen) atoms. The van der Waals surface area contributed by atoms with Gasteiger partial charge in [0.1, 0.15) is 0 Å². The van der Waals surface area contributed by atoms with Crippen molar-refractivity contribution in [1.29, 1.82) is 0 Å². The molecule has 1 amide bonds. The van der Waals surface area contributed by atoms with Gasteiger partial charge in [-0.3, -0.25) is 0 Å². The smallest absolute Gasteiger partial charge is 0.427 e. The first-order chi connectivity index (χ1) is 5.82. The van der Waals surface area contributed by atoms with E-state index in [-0.39, 0.29) is 5.92 Å². The molecular formula is C7H10F3NO2. The van der Waals surface area contributed by atoms with Crippen molar-refractivity contribution in [2.24, 2.45) is 5.92 Å². The maximum atomic E-state index is 12.2. The van der Waals surface area contributed by atoms with E-state index >= 15 is 0 Å². The van der Waals surface area contributed by atoms with Crippen LogP contribution in [0.5, 0.6) is 0 Å². The van der Waals surface area contributed by atoms with Crippen molar-refractivity contribution in [2.75, 3.05) is 0 Å². The molecule has 2 atom stereocenters. The predicted octanol–water partition coefficient (Wildman–Crippen LogP) is 1.68. The summed E-state index contributed by atoms with van der Waals surface area (Å²) in [6.45, 7) is 3.19. The van der Waals surface area contributed by atoms with E-state index in [9.17, 15) is 18.0 Å². The molecule has 1 saturated heterocycles. The topological polar surface area (TPSA) is 38.3 Å². The Hall–Kier alpha value is -0.940. The summed E-state index contributed by atoms with van der Waals surface area (Å²) >= 11 is 0. The number of alkyl carbamates (subject to hydrolysis) is 1. The van der Waals surface area contributed by atoms with Crippen LogP contribution in [0.3, 0.4) is 0 Å². The van der Waals surface area contributed by atoms with Crippen LogP contribution in [0.25, 0.3) is 0 Å². The van der Waals surface area contributed by atoms with Gasteiger partial charge >= 0.3 is 12.3 Å². The number of carbonyl (C=O) groups is 1. The molecule has 1 heterocycles. The van der Waals surface area contributed by atoms with Crippen LogP contribution < -0.4 is 5.32 Å². The summed E-state index contributed by atoms with van der Waals surface area (Å²) in [7, 11) is 0. The van der Waals surface area contributed by atoms with Crippen LogP contribution in [0.2, 0.25) is 0 Å². The SMILES string of the molecule is CC(C)[C@@H]1NC(=O)O[C@H]1C(F)(F)F. The zero-order chi connectivity index (χ0) is 10.2. The summed E-state index contributed by atoms with van der Waals surface area (Å²) in [6.07, 6.45) is -7.50. The number of carbonyl (C=O) groups excluding carboxylic acids is 1. The van der Waals surface area contributed by atoms with Gasteiger partial charge in [0.15, 0.2) is 0 Å². The van der Waals surface area contributed by atoms with Gasteiger partial charge in [-0.1, -0.05) is 13.8 Å². The summed E-state index contributed by atoms with van der Waals surface area (Å²) in [5.74, 6) is -0.307. The Labute approximate surface area is 73.2 Å². The number of cyclic esters (lactones) is 1. The lowest BCUT2D eigenvalue weighted by Gasteiger charge is -2.21. The van der Waals surface area contributed by atoms with E-state index in [1.54, 1.807) is 13.8 Å². The van der Waals surface area contributed by atoms with Crippen molar-refractivity contribution in [3.8, 4) is 0 Å². The molecule has 0 aliphatic carbocycles. The van der Waals surface area contributed by atoms with Gasteiger partial charge in [-0.15, -0.1) is 0 Å². The fourth-order valence-electron chi connectivity index (χ4n) is 1.22. The Morgan fingerprint density at radius 2 is 2.00 bits per heavy atom. The molecule has 1 aliphatic rings. The molecule has 0 aromatic carbocycles. The number of ether oxygens (including phenoxy) is 1. The molecule has 0 bridgehead atoms. The average molecular weight is 197 g/mol. The number of hydrogen-bond donors (Lipinski definition) is 1. The van der Waals surface area contributed by atoms with E-state index in [1.165, 1.54) is 0 Å².